The predicted octanol–water partition coefficient (Wildman–Crippen LogP) is 6.23. The van der Waals surface area contributed by atoms with Crippen molar-refractivity contribution in [2.45, 2.75) is 122 Å². The second-order valence-electron chi connectivity index (χ2n) is 7.58. The molecule has 0 fully saturated rings. The van der Waals surface area contributed by atoms with Gasteiger partial charge in [0.1, 0.15) is 6.54 Å². The lowest BCUT2D eigenvalue weighted by molar-refractivity contribution is -0.137. The van der Waals surface area contributed by atoms with Crippen molar-refractivity contribution in [3.8, 4) is 0 Å². The van der Waals surface area contributed by atoms with Crippen molar-refractivity contribution in [3.63, 3.8) is 0 Å². The van der Waals surface area contributed by atoms with Crippen LogP contribution in [0.1, 0.15) is 122 Å². The van der Waals surface area contributed by atoms with Gasteiger partial charge in [-0.15, -0.1) is 0 Å². The minimum absolute atomic E-state index is 0.145. The molecule has 0 aliphatic carbocycles. The maximum absolute atomic E-state index is 11.3. The summed E-state index contributed by atoms with van der Waals surface area (Å²) in [5, 5.41) is 10.9. The summed E-state index contributed by atoms with van der Waals surface area (Å²) in [6.45, 7) is 2.01. The van der Waals surface area contributed by atoms with Crippen LogP contribution in [0.5, 0.6) is 0 Å². The van der Waals surface area contributed by atoms with Gasteiger partial charge >= 0.3 is 5.97 Å². The van der Waals surface area contributed by atoms with Crippen molar-refractivity contribution in [2.75, 3.05) is 6.54 Å². The summed E-state index contributed by atoms with van der Waals surface area (Å²) in [5.41, 5.74) is 0. The predicted molar refractivity (Wildman–Crippen MR) is 109 cm³/mol. The van der Waals surface area contributed by atoms with Gasteiger partial charge in [0.2, 0.25) is 5.91 Å². The number of carbonyl (C=O) groups is 2. The molecule has 0 aromatic heterocycles. The second kappa shape index (κ2) is 20.3. The Morgan fingerprint density at radius 1 is 0.615 bits per heavy atom. The lowest BCUT2D eigenvalue weighted by Gasteiger charge is -2.04. The Kier molecular flexibility index (Phi) is 19.4. The molecule has 0 aliphatic heterocycles. The van der Waals surface area contributed by atoms with Crippen LogP contribution in [0.15, 0.2) is 0 Å². The third-order valence-corrected chi connectivity index (χ3v) is 4.94. The molecule has 0 atom stereocenters. The topological polar surface area (TPSA) is 66.4 Å². The summed E-state index contributed by atoms with van der Waals surface area (Å²) in [6.07, 6.45) is 22.9. The Morgan fingerprint density at radius 3 is 1.31 bits per heavy atom. The molecule has 0 aliphatic rings. The summed E-state index contributed by atoms with van der Waals surface area (Å²) in [7, 11) is 0. The zero-order chi connectivity index (χ0) is 19.3. The second-order valence-corrected chi connectivity index (χ2v) is 7.58. The first kappa shape index (κ1) is 24.9. The van der Waals surface area contributed by atoms with Gasteiger partial charge in [0.05, 0.1) is 0 Å². The first-order valence-corrected chi connectivity index (χ1v) is 11.1. The van der Waals surface area contributed by atoms with Gasteiger partial charge in [-0.05, 0) is 6.42 Å². The van der Waals surface area contributed by atoms with Crippen LogP contribution in [0.3, 0.4) is 0 Å². The first-order chi connectivity index (χ1) is 12.7. The molecular formula is C22H43NO3. The number of carboxylic acids is 1. The van der Waals surface area contributed by atoms with Crippen LogP contribution in [0.2, 0.25) is 0 Å². The summed E-state index contributed by atoms with van der Waals surface area (Å²) in [4.78, 5) is 21.7. The average molecular weight is 370 g/mol. The van der Waals surface area contributed by atoms with E-state index in [1.807, 2.05) is 0 Å². The highest BCUT2D eigenvalue weighted by Crippen LogP contribution is 2.14. The summed E-state index contributed by atoms with van der Waals surface area (Å²) >= 11 is 0. The molecule has 2 N–H and O–H groups in total. The first-order valence-electron chi connectivity index (χ1n) is 11.1. The molecular weight excluding hydrogens is 326 g/mol. The van der Waals surface area contributed by atoms with E-state index in [1.54, 1.807) is 0 Å². The third kappa shape index (κ3) is 21.0. The lowest BCUT2D eigenvalue weighted by atomic mass is 10.0. The number of carbonyl (C=O) groups excluding carboxylic acids is 1. The zero-order valence-corrected chi connectivity index (χ0v) is 17.2. The van der Waals surface area contributed by atoms with E-state index in [1.165, 1.54) is 96.3 Å². The molecule has 0 spiro atoms. The monoisotopic (exact) mass is 369 g/mol. The van der Waals surface area contributed by atoms with Crippen molar-refractivity contribution in [1.29, 1.82) is 0 Å². The lowest BCUT2D eigenvalue weighted by Crippen LogP contribution is -2.28. The van der Waals surface area contributed by atoms with Crippen LogP contribution in [0.25, 0.3) is 0 Å². The van der Waals surface area contributed by atoms with Crippen LogP contribution >= 0.6 is 0 Å². The van der Waals surface area contributed by atoms with Crippen LogP contribution < -0.4 is 5.32 Å². The summed E-state index contributed by atoms with van der Waals surface area (Å²) < 4.78 is 0. The highest BCUT2D eigenvalue weighted by Gasteiger charge is 2.03. The van der Waals surface area contributed by atoms with E-state index >= 15 is 0 Å². The van der Waals surface area contributed by atoms with E-state index < -0.39 is 5.97 Å². The third-order valence-electron chi connectivity index (χ3n) is 4.94. The molecule has 26 heavy (non-hydrogen) atoms. The number of amides is 1. The highest BCUT2D eigenvalue weighted by atomic mass is 16.4. The summed E-state index contributed by atoms with van der Waals surface area (Å²) in [5.74, 6) is -1.13. The van der Waals surface area contributed by atoms with E-state index in [9.17, 15) is 9.59 Å². The fraction of sp³-hybridized carbons (Fsp3) is 0.909. The molecule has 0 unspecified atom stereocenters. The van der Waals surface area contributed by atoms with Crippen molar-refractivity contribution in [1.82, 2.24) is 5.32 Å². The van der Waals surface area contributed by atoms with Gasteiger partial charge in [0.25, 0.3) is 0 Å². The van der Waals surface area contributed by atoms with Crippen LogP contribution in [-0.4, -0.2) is 23.5 Å². The minimum Gasteiger partial charge on any atom is -0.480 e. The Balaban J connectivity index is 3.09. The van der Waals surface area contributed by atoms with E-state index in [4.69, 9.17) is 5.11 Å². The highest BCUT2D eigenvalue weighted by molar-refractivity contribution is 5.80. The molecule has 0 bridgehead atoms. The number of carboxylic acid groups (broad SMARTS) is 1. The Labute approximate surface area is 161 Å². The number of unbranched alkanes of at least 4 members (excludes halogenated alkanes) is 16. The van der Waals surface area contributed by atoms with Crippen LogP contribution in [0, 0.1) is 0 Å². The van der Waals surface area contributed by atoms with E-state index in [0.29, 0.717) is 6.42 Å². The zero-order valence-electron chi connectivity index (χ0n) is 17.2. The number of aliphatic carboxylic acids is 1. The van der Waals surface area contributed by atoms with Gasteiger partial charge in [-0.2, -0.15) is 0 Å². The number of rotatable bonds is 20. The van der Waals surface area contributed by atoms with E-state index in [2.05, 4.69) is 12.2 Å². The van der Waals surface area contributed by atoms with Gasteiger partial charge in [0, 0.05) is 6.42 Å². The Hall–Kier alpha value is -1.06. The SMILES string of the molecule is CCCCCCCCCCCCCCCCCCCC(=O)NCC(=O)O. The van der Waals surface area contributed by atoms with Gasteiger partial charge in [-0.3, -0.25) is 9.59 Å². The molecule has 0 aromatic carbocycles. The molecule has 154 valence electrons. The Morgan fingerprint density at radius 2 is 0.962 bits per heavy atom. The molecule has 0 rings (SSSR count). The van der Waals surface area contributed by atoms with Gasteiger partial charge in [-0.25, -0.2) is 0 Å². The Bertz CT molecular complexity index is 331. The molecule has 4 nitrogen and oxygen atoms in total. The number of nitrogens with one attached hydrogen (secondary N) is 1. The van der Waals surface area contributed by atoms with Gasteiger partial charge in [-0.1, -0.05) is 110 Å². The van der Waals surface area contributed by atoms with Crippen LogP contribution in [0.4, 0.5) is 0 Å². The maximum atomic E-state index is 11.3. The van der Waals surface area contributed by atoms with Crippen molar-refractivity contribution < 1.29 is 14.7 Å². The molecule has 0 heterocycles. The van der Waals surface area contributed by atoms with Gasteiger partial charge in [0.15, 0.2) is 0 Å². The number of hydrogen-bond donors (Lipinski definition) is 2. The summed E-state index contributed by atoms with van der Waals surface area (Å²) in [6, 6.07) is 0. The molecule has 0 saturated carbocycles. The van der Waals surface area contributed by atoms with E-state index in [-0.39, 0.29) is 12.5 Å². The normalized spacial score (nSPS) is 10.8. The molecule has 0 aromatic rings. The number of hydrogen-bond acceptors (Lipinski definition) is 2. The fourth-order valence-electron chi connectivity index (χ4n) is 3.27. The van der Waals surface area contributed by atoms with Crippen molar-refractivity contribution in [2.24, 2.45) is 0 Å². The standard InChI is InChI=1S/C22H43NO3/c1-2-3-4-5-6-7-8-9-10-11-12-13-14-15-16-17-18-19-21(24)23-20-22(25)26/h2-20H2,1H3,(H,23,24)(H,25,26). The van der Waals surface area contributed by atoms with Crippen molar-refractivity contribution >= 4 is 11.9 Å². The molecule has 1 amide bonds. The average Bonchev–Trinajstić information content (AvgIpc) is 2.62. The molecule has 0 radical (unpaired) electrons. The van der Waals surface area contributed by atoms with Gasteiger partial charge < -0.3 is 10.4 Å². The fourth-order valence-corrected chi connectivity index (χ4v) is 3.27. The maximum Gasteiger partial charge on any atom is 0.322 e. The quantitative estimate of drug-likeness (QED) is 0.250. The van der Waals surface area contributed by atoms with Crippen molar-refractivity contribution in [3.05, 3.63) is 0 Å². The van der Waals surface area contributed by atoms with E-state index in [0.717, 1.165) is 12.8 Å². The molecule has 0 saturated heterocycles. The molecule has 4 heteroatoms. The van der Waals surface area contributed by atoms with Crippen LogP contribution in [-0.2, 0) is 9.59 Å². The minimum atomic E-state index is -0.985. The largest absolute Gasteiger partial charge is 0.480 e. The smallest absolute Gasteiger partial charge is 0.322 e.